The van der Waals surface area contributed by atoms with Crippen molar-refractivity contribution >= 4 is 11.6 Å². The first-order valence-corrected chi connectivity index (χ1v) is 10.1. The lowest BCUT2D eigenvalue weighted by Crippen LogP contribution is -3.29. The summed E-state index contributed by atoms with van der Waals surface area (Å²) in [5, 5.41) is 11.8. The molecule has 6 heteroatoms. The molecule has 1 aliphatic rings. The maximum atomic E-state index is 12.6. The number of nitriles is 1. The molecule has 0 aliphatic carbocycles. The minimum atomic E-state index is -0.110. The molecule has 0 radical (unpaired) electrons. The Morgan fingerprint density at radius 2 is 1.86 bits per heavy atom. The van der Waals surface area contributed by atoms with Crippen LogP contribution in [0.4, 0.5) is 5.69 Å². The minimum Gasteiger partial charge on any atom is -0.496 e. The third-order valence-electron chi connectivity index (χ3n) is 5.76. The second-order valence-electron chi connectivity index (χ2n) is 7.80. The molecule has 29 heavy (non-hydrogen) atoms. The van der Waals surface area contributed by atoms with Crippen LogP contribution in [0, 0.1) is 18.3 Å². The number of rotatable bonds is 6. The maximum absolute atomic E-state index is 12.6. The van der Waals surface area contributed by atoms with E-state index in [4.69, 9.17) is 10.00 Å². The summed E-state index contributed by atoms with van der Waals surface area (Å²) in [6.07, 6.45) is 0. The van der Waals surface area contributed by atoms with E-state index in [0.29, 0.717) is 5.56 Å². The van der Waals surface area contributed by atoms with Gasteiger partial charge < -0.3 is 19.9 Å². The monoisotopic (exact) mass is 394 g/mol. The topological polar surface area (TPSA) is 71.0 Å². The van der Waals surface area contributed by atoms with Crippen molar-refractivity contribution in [3.8, 4) is 11.8 Å². The Bertz CT molecular complexity index is 881. The van der Waals surface area contributed by atoms with Gasteiger partial charge in [-0.2, -0.15) is 5.26 Å². The standard InChI is InChI=1S/C23H28N4O2/c1-17-4-9-22(29-3)20(14-17)16-26-10-12-27(13-11-26)18(2)23(28)25-21-7-5-19(15-24)6-8-21/h4-9,14,18H,10-13,16H2,1-3H3,(H,25,28)/p+2/t18-/m1/s1. The molecule has 3 N–H and O–H groups in total. The normalized spacial score (nSPS) is 19.8. The highest BCUT2D eigenvalue weighted by Gasteiger charge is 2.31. The van der Waals surface area contributed by atoms with Crippen LogP contribution in [0.5, 0.6) is 5.75 Å². The summed E-state index contributed by atoms with van der Waals surface area (Å²) >= 11 is 0. The molecule has 2 aromatic rings. The molecule has 1 fully saturated rings. The van der Waals surface area contributed by atoms with Crippen LogP contribution in [0.15, 0.2) is 42.5 Å². The lowest BCUT2D eigenvalue weighted by molar-refractivity contribution is -1.02. The van der Waals surface area contributed by atoms with Crippen LogP contribution in [0.3, 0.4) is 0 Å². The van der Waals surface area contributed by atoms with E-state index in [2.05, 4.69) is 30.4 Å². The van der Waals surface area contributed by atoms with E-state index in [1.807, 2.05) is 13.0 Å². The van der Waals surface area contributed by atoms with Crippen LogP contribution in [-0.2, 0) is 11.3 Å². The van der Waals surface area contributed by atoms with Crippen LogP contribution in [0.2, 0.25) is 0 Å². The van der Waals surface area contributed by atoms with E-state index >= 15 is 0 Å². The minimum absolute atomic E-state index is 0.0218. The zero-order chi connectivity index (χ0) is 20.8. The average molecular weight is 395 g/mol. The molecule has 0 unspecified atom stereocenters. The smallest absolute Gasteiger partial charge is 0.282 e. The van der Waals surface area contributed by atoms with Gasteiger partial charge >= 0.3 is 0 Å². The fraction of sp³-hybridized carbons (Fsp3) is 0.391. The summed E-state index contributed by atoms with van der Waals surface area (Å²) in [6.45, 7) is 9.03. The SMILES string of the molecule is COc1ccc(C)cc1C[NH+]1CC[NH+]([C@H](C)C(=O)Nc2ccc(C#N)cc2)CC1. The number of carbonyl (C=O) groups is 1. The van der Waals surface area contributed by atoms with Crippen molar-refractivity contribution in [2.75, 3.05) is 38.6 Å². The van der Waals surface area contributed by atoms with Gasteiger partial charge in [0.25, 0.3) is 5.91 Å². The summed E-state index contributed by atoms with van der Waals surface area (Å²) in [6, 6.07) is 15.3. The van der Waals surface area contributed by atoms with Gasteiger partial charge in [-0.15, -0.1) is 0 Å². The van der Waals surface area contributed by atoms with Crippen LogP contribution in [0.1, 0.15) is 23.6 Å². The molecule has 3 rings (SSSR count). The summed E-state index contributed by atoms with van der Waals surface area (Å²) < 4.78 is 5.51. The number of nitrogens with one attached hydrogen (secondary N) is 3. The Labute approximate surface area is 172 Å². The fourth-order valence-electron chi connectivity index (χ4n) is 3.91. The molecule has 1 aliphatic heterocycles. The number of benzene rings is 2. The van der Waals surface area contributed by atoms with Gasteiger partial charge in [-0.05, 0) is 50.2 Å². The highest BCUT2D eigenvalue weighted by atomic mass is 16.5. The number of hydrogen-bond donors (Lipinski definition) is 3. The first kappa shape index (κ1) is 20.8. The molecule has 1 saturated heterocycles. The molecule has 1 heterocycles. The van der Waals surface area contributed by atoms with Crippen LogP contribution in [0.25, 0.3) is 0 Å². The van der Waals surface area contributed by atoms with Crippen LogP contribution < -0.4 is 19.9 Å². The molecular formula is C23H30N4O2+2. The summed E-state index contributed by atoms with van der Waals surface area (Å²) in [7, 11) is 1.72. The first-order valence-electron chi connectivity index (χ1n) is 10.1. The van der Waals surface area contributed by atoms with Crippen molar-refractivity contribution in [1.82, 2.24) is 0 Å². The lowest BCUT2D eigenvalue weighted by Gasteiger charge is -2.32. The number of nitrogens with zero attached hydrogens (tertiary/aromatic N) is 1. The number of hydrogen-bond acceptors (Lipinski definition) is 3. The number of carbonyl (C=O) groups excluding carboxylic acids is 1. The summed E-state index contributed by atoms with van der Waals surface area (Å²) in [5.41, 5.74) is 3.82. The van der Waals surface area contributed by atoms with E-state index in [9.17, 15) is 4.79 Å². The number of piperazine rings is 1. The Hall–Kier alpha value is -2.88. The zero-order valence-electron chi connectivity index (χ0n) is 17.4. The summed E-state index contributed by atoms with van der Waals surface area (Å²) in [5.74, 6) is 0.974. The number of methoxy groups -OCH3 is 1. The maximum Gasteiger partial charge on any atom is 0.282 e. The second-order valence-corrected chi connectivity index (χ2v) is 7.80. The fourth-order valence-corrected chi connectivity index (χ4v) is 3.91. The van der Waals surface area contributed by atoms with E-state index in [0.717, 1.165) is 44.2 Å². The Kier molecular flexibility index (Phi) is 6.86. The van der Waals surface area contributed by atoms with Crippen molar-refractivity contribution in [3.63, 3.8) is 0 Å². The lowest BCUT2D eigenvalue weighted by atomic mass is 10.1. The quantitative estimate of drug-likeness (QED) is 0.655. The van der Waals surface area contributed by atoms with E-state index in [1.54, 1.807) is 31.4 Å². The molecular weight excluding hydrogens is 364 g/mol. The van der Waals surface area contributed by atoms with E-state index in [1.165, 1.54) is 20.9 Å². The van der Waals surface area contributed by atoms with E-state index < -0.39 is 0 Å². The van der Waals surface area contributed by atoms with Gasteiger partial charge in [0.2, 0.25) is 0 Å². The van der Waals surface area contributed by atoms with Crippen molar-refractivity contribution in [3.05, 3.63) is 59.2 Å². The van der Waals surface area contributed by atoms with Gasteiger partial charge in [0.05, 0.1) is 18.7 Å². The predicted octanol–water partition coefficient (Wildman–Crippen LogP) is 0.186. The van der Waals surface area contributed by atoms with Gasteiger partial charge in [0, 0.05) is 11.3 Å². The number of ether oxygens (including phenoxy) is 1. The highest BCUT2D eigenvalue weighted by Crippen LogP contribution is 2.18. The molecule has 0 saturated carbocycles. The van der Waals surface area contributed by atoms with Crippen molar-refractivity contribution < 1.29 is 19.3 Å². The number of amides is 1. The van der Waals surface area contributed by atoms with Gasteiger partial charge in [-0.3, -0.25) is 4.79 Å². The third kappa shape index (κ3) is 5.35. The predicted molar refractivity (Wildman–Crippen MR) is 112 cm³/mol. The molecule has 0 bridgehead atoms. The Morgan fingerprint density at radius 3 is 2.48 bits per heavy atom. The first-order chi connectivity index (χ1) is 14.0. The Balaban J connectivity index is 1.52. The van der Waals surface area contributed by atoms with Crippen LogP contribution in [-0.4, -0.2) is 45.2 Å². The highest BCUT2D eigenvalue weighted by molar-refractivity contribution is 5.93. The second kappa shape index (κ2) is 9.55. The number of aryl methyl sites for hydroxylation is 1. The molecule has 0 spiro atoms. The molecule has 152 valence electrons. The Morgan fingerprint density at radius 1 is 1.17 bits per heavy atom. The summed E-state index contributed by atoms with van der Waals surface area (Å²) in [4.78, 5) is 15.5. The molecule has 6 nitrogen and oxygen atoms in total. The largest absolute Gasteiger partial charge is 0.496 e. The molecule has 1 amide bonds. The van der Waals surface area contributed by atoms with Gasteiger partial charge in [-0.25, -0.2) is 0 Å². The van der Waals surface area contributed by atoms with Crippen molar-refractivity contribution in [2.45, 2.75) is 26.4 Å². The zero-order valence-corrected chi connectivity index (χ0v) is 17.4. The van der Waals surface area contributed by atoms with Crippen LogP contribution >= 0.6 is 0 Å². The number of quaternary nitrogens is 2. The van der Waals surface area contributed by atoms with Crippen molar-refractivity contribution in [1.29, 1.82) is 5.26 Å². The number of anilines is 1. The van der Waals surface area contributed by atoms with E-state index in [-0.39, 0.29) is 11.9 Å². The van der Waals surface area contributed by atoms with Gasteiger partial charge in [0.1, 0.15) is 38.5 Å². The third-order valence-corrected chi connectivity index (χ3v) is 5.76. The molecule has 0 aromatic heterocycles. The van der Waals surface area contributed by atoms with Gasteiger partial charge in [-0.1, -0.05) is 11.6 Å². The van der Waals surface area contributed by atoms with Crippen molar-refractivity contribution in [2.24, 2.45) is 0 Å². The average Bonchev–Trinajstić information content (AvgIpc) is 2.74. The van der Waals surface area contributed by atoms with Gasteiger partial charge in [0.15, 0.2) is 6.04 Å². The molecule has 1 atom stereocenters. The molecule has 2 aromatic carbocycles.